The molecule has 0 unspecified atom stereocenters. The largest absolute Gasteiger partial charge is 0.264 e. The summed E-state index contributed by atoms with van der Waals surface area (Å²) in [6.07, 6.45) is 2.09. The first-order chi connectivity index (χ1) is 14.9. The molecule has 4 heteroatoms. The van der Waals surface area contributed by atoms with Crippen molar-refractivity contribution in [2.24, 2.45) is 0 Å². The van der Waals surface area contributed by atoms with Gasteiger partial charge in [0, 0.05) is 5.56 Å². The Bertz CT molecular complexity index is 1230. The zero-order valence-electron chi connectivity index (χ0n) is 18.0. The summed E-state index contributed by atoms with van der Waals surface area (Å²) in [5.74, 6) is 0. The summed E-state index contributed by atoms with van der Waals surface area (Å²) in [5, 5.41) is 0. The Morgan fingerprint density at radius 3 is 2.13 bits per heavy atom. The van der Waals surface area contributed by atoms with Crippen LogP contribution in [0.15, 0.2) is 101 Å². The van der Waals surface area contributed by atoms with Gasteiger partial charge < -0.3 is 0 Å². The van der Waals surface area contributed by atoms with Crippen LogP contribution in [-0.4, -0.2) is 15.0 Å². The van der Waals surface area contributed by atoms with Crippen molar-refractivity contribution in [1.29, 1.82) is 0 Å². The van der Waals surface area contributed by atoms with Crippen molar-refractivity contribution in [1.82, 2.24) is 0 Å². The maximum Gasteiger partial charge on any atom is 0.264 e. The van der Waals surface area contributed by atoms with Gasteiger partial charge in [-0.05, 0) is 56.0 Å². The zero-order chi connectivity index (χ0) is 22.0. The van der Waals surface area contributed by atoms with Crippen molar-refractivity contribution >= 4 is 21.3 Å². The molecular formula is C27H27NO2S. The molecule has 1 saturated carbocycles. The number of benzene rings is 3. The molecule has 0 aliphatic heterocycles. The van der Waals surface area contributed by atoms with Gasteiger partial charge >= 0.3 is 0 Å². The van der Waals surface area contributed by atoms with Crippen molar-refractivity contribution < 1.29 is 8.42 Å². The van der Waals surface area contributed by atoms with E-state index in [4.69, 9.17) is 0 Å². The molecular weight excluding hydrogens is 402 g/mol. The topological polar surface area (TPSA) is 37.4 Å². The van der Waals surface area contributed by atoms with Crippen LogP contribution in [0.4, 0.5) is 5.69 Å². The van der Waals surface area contributed by atoms with Crippen LogP contribution in [-0.2, 0) is 10.0 Å². The van der Waals surface area contributed by atoms with E-state index in [2.05, 4.69) is 18.7 Å². The van der Waals surface area contributed by atoms with Gasteiger partial charge in [-0.15, -0.1) is 0 Å². The third-order valence-corrected chi connectivity index (χ3v) is 7.15. The van der Waals surface area contributed by atoms with Crippen LogP contribution in [0.3, 0.4) is 0 Å². The molecule has 1 aliphatic carbocycles. The van der Waals surface area contributed by atoms with Gasteiger partial charge in [0.1, 0.15) is 0 Å². The number of hydrogen-bond donors (Lipinski definition) is 0. The number of para-hydroxylation sites is 1. The molecule has 31 heavy (non-hydrogen) atoms. The van der Waals surface area contributed by atoms with E-state index in [9.17, 15) is 8.42 Å². The number of rotatable bonds is 7. The lowest BCUT2D eigenvalue weighted by molar-refractivity contribution is 0.592. The number of allylic oxidation sites excluding steroid dienone is 1. The van der Waals surface area contributed by atoms with Crippen LogP contribution >= 0.6 is 0 Å². The fourth-order valence-electron chi connectivity index (χ4n) is 3.75. The minimum absolute atomic E-state index is 0.227. The Labute approximate surface area is 185 Å². The molecule has 1 aliphatic rings. The lowest BCUT2D eigenvalue weighted by atomic mass is 9.95. The second kappa shape index (κ2) is 8.56. The quantitative estimate of drug-likeness (QED) is 0.410. The molecule has 3 aromatic carbocycles. The first-order valence-electron chi connectivity index (χ1n) is 10.5. The van der Waals surface area contributed by atoms with E-state index in [1.54, 1.807) is 12.1 Å². The molecule has 0 N–H and O–H groups in total. The van der Waals surface area contributed by atoms with Crippen molar-refractivity contribution in [3.8, 4) is 0 Å². The van der Waals surface area contributed by atoms with E-state index in [0.717, 1.165) is 40.7 Å². The van der Waals surface area contributed by atoms with Crippen LogP contribution < -0.4 is 4.31 Å². The van der Waals surface area contributed by atoms with Crippen LogP contribution in [0.2, 0.25) is 0 Å². The van der Waals surface area contributed by atoms with E-state index >= 15 is 0 Å². The summed E-state index contributed by atoms with van der Waals surface area (Å²) in [6, 6.07) is 25.0. The first kappa shape index (κ1) is 21.1. The van der Waals surface area contributed by atoms with Gasteiger partial charge in [0.15, 0.2) is 0 Å². The fraction of sp³-hybridized carbons (Fsp3) is 0.185. The molecule has 1 fully saturated rings. The second-order valence-electron chi connectivity index (χ2n) is 8.14. The maximum atomic E-state index is 13.7. The molecule has 0 amide bonds. The Hall–Kier alpha value is -3.11. The van der Waals surface area contributed by atoms with Crippen molar-refractivity contribution in [2.45, 2.75) is 31.6 Å². The average molecular weight is 430 g/mol. The summed E-state index contributed by atoms with van der Waals surface area (Å²) in [6.45, 7) is 8.04. The van der Waals surface area contributed by atoms with Crippen LogP contribution in [0.25, 0.3) is 5.57 Å². The lowest BCUT2D eigenvalue weighted by Gasteiger charge is -2.28. The smallest absolute Gasteiger partial charge is 0.262 e. The van der Waals surface area contributed by atoms with Gasteiger partial charge in [-0.1, -0.05) is 84.0 Å². The van der Waals surface area contributed by atoms with Gasteiger partial charge in [0.05, 0.1) is 17.1 Å². The van der Waals surface area contributed by atoms with Gasteiger partial charge in [-0.3, -0.25) is 4.31 Å². The molecule has 0 saturated heterocycles. The van der Waals surface area contributed by atoms with E-state index in [-0.39, 0.29) is 11.4 Å². The number of anilines is 1. The number of nitrogens with zero attached hydrogens (tertiary/aromatic N) is 1. The zero-order valence-corrected chi connectivity index (χ0v) is 18.8. The SMILES string of the molecule is C=C(C)CN(c1ccccc1C(=C1CC1)c1ccccc1)S(=O)(=O)c1ccc(C)cc1. The molecule has 3 aromatic rings. The normalized spacial score (nSPS) is 13.0. The molecule has 3 nitrogen and oxygen atoms in total. The van der Waals surface area contributed by atoms with E-state index < -0.39 is 10.0 Å². The van der Waals surface area contributed by atoms with Gasteiger partial charge in [-0.25, -0.2) is 8.42 Å². The van der Waals surface area contributed by atoms with Crippen LogP contribution in [0.5, 0.6) is 0 Å². The van der Waals surface area contributed by atoms with Crippen molar-refractivity contribution in [2.75, 3.05) is 10.8 Å². The van der Waals surface area contributed by atoms with Crippen molar-refractivity contribution in [3.63, 3.8) is 0 Å². The van der Waals surface area contributed by atoms with Crippen LogP contribution in [0.1, 0.15) is 36.5 Å². The van der Waals surface area contributed by atoms with Crippen molar-refractivity contribution in [3.05, 3.63) is 113 Å². The van der Waals surface area contributed by atoms with Crippen LogP contribution in [0, 0.1) is 6.92 Å². The Balaban J connectivity index is 1.90. The lowest BCUT2D eigenvalue weighted by Crippen LogP contribution is -2.33. The van der Waals surface area contributed by atoms with Gasteiger partial charge in [-0.2, -0.15) is 0 Å². The second-order valence-corrected chi connectivity index (χ2v) is 10.0. The minimum atomic E-state index is -3.76. The molecule has 0 spiro atoms. The summed E-state index contributed by atoms with van der Waals surface area (Å²) in [7, 11) is -3.76. The van der Waals surface area contributed by atoms with Gasteiger partial charge in [0.2, 0.25) is 0 Å². The summed E-state index contributed by atoms with van der Waals surface area (Å²) >= 11 is 0. The summed E-state index contributed by atoms with van der Waals surface area (Å²) in [5.41, 5.74) is 7.05. The first-order valence-corrected chi connectivity index (χ1v) is 11.9. The molecule has 4 rings (SSSR count). The predicted octanol–water partition coefficient (Wildman–Crippen LogP) is 6.36. The monoisotopic (exact) mass is 429 g/mol. The average Bonchev–Trinajstić information content (AvgIpc) is 3.59. The molecule has 0 bridgehead atoms. The third kappa shape index (κ3) is 4.49. The summed E-state index contributed by atoms with van der Waals surface area (Å²) in [4.78, 5) is 0.287. The fourth-order valence-corrected chi connectivity index (χ4v) is 5.30. The summed E-state index contributed by atoms with van der Waals surface area (Å²) < 4.78 is 29.0. The Kier molecular flexibility index (Phi) is 5.84. The van der Waals surface area contributed by atoms with Gasteiger partial charge in [0.25, 0.3) is 10.0 Å². The highest BCUT2D eigenvalue weighted by atomic mass is 32.2. The standard InChI is InChI=1S/C27H27NO2S/c1-20(2)19-28(31(29,30)24-17-13-21(3)14-18-24)26-12-8-7-11-25(26)27(23-15-16-23)22-9-5-4-6-10-22/h4-14,17-18H,1,15-16,19H2,2-3H3. The highest BCUT2D eigenvalue weighted by Gasteiger charge is 2.29. The number of hydrogen-bond acceptors (Lipinski definition) is 2. The number of sulfonamides is 1. The van der Waals surface area contributed by atoms with E-state index in [0.29, 0.717) is 5.69 Å². The molecule has 158 valence electrons. The Morgan fingerprint density at radius 2 is 1.52 bits per heavy atom. The Morgan fingerprint density at radius 1 is 0.903 bits per heavy atom. The number of aryl methyl sites for hydroxylation is 1. The minimum Gasteiger partial charge on any atom is -0.262 e. The van der Waals surface area contributed by atoms with E-state index in [1.165, 1.54) is 9.88 Å². The molecule has 0 aromatic heterocycles. The predicted molar refractivity (Wildman–Crippen MR) is 129 cm³/mol. The third-order valence-electron chi connectivity index (χ3n) is 5.38. The highest BCUT2D eigenvalue weighted by Crippen LogP contribution is 2.43. The molecule has 0 radical (unpaired) electrons. The molecule has 0 heterocycles. The van der Waals surface area contributed by atoms with E-state index in [1.807, 2.05) is 68.4 Å². The maximum absolute atomic E-state index is 13.7. The highest BCUT2D eigenvalue weighted by molar-refractivity contribution is 7.92. The molecule has 0 atom stereocenters.